The molecule has 0 bridgehead atoms. The summed E-state index contributed by atoms with van der Waals surface area (Å²) in [5.74, 6) is -0.149. The Hall–Kier alpha value is -2.69. The van der Waals surface area contributed by atoms with Gasteiger partial charge in [0.2, 0.25) is 0 Å². The van der Waals surface area contributed by atoms with Crippen LogP contribution in [0.5, 0.6) is 0 Å². The van der Waals surface area contributed by atoms with E-state index in [1.807, 2.05) is 32.0 Å². The van der Waals surface area contributed by atoms with Crippen LogP contribution in [0.1, 0.15) is 21.5 Å². The molecule has 2 N–H and O–H groups in total. The summed E-state index contributed by atoms with van der Waals surface area (Å²) in [5.41, 5.74) is 5.03. The number of nitrogens with one attached hydrogen (secondary N) is 2. The molecule has 0 radical (unpaired) electrons. The van der Waals surface area contributed by atoms with Crippen molar-refractivity contribution in [3.8, 4) is 0 Å². The number of H-pyrrole nitrogens is 1. The highest BCUT2D eigenvalue weighted by molar-refractivity contribution is 6.06. The first kappa shape index (κ1) is 12.3. The predicted molar refractivity (Wildman–Crippen MR) is 77.8 cm³/mol. The SMILES string of the molecule is Cc1cccc(NC(=O)c2ccc3n[nH]nc3c2)c1C. The number of rotatable bonds is 2. The van der Waals surface area contributed by atoms with Crippen LogP contribution in [0.25, 0.3) is 11.0 Å². The summed E-state index contributed by atoms with van der Waals surface area (Å²) in [5, 5.41) is 13.4. The first-order valence-corrected chi connectivity index (χ1v) is 6.33. The Labute approximate surface area is 116 Å². The topological polar surface area (TPSA) is 70.7 Å². The van der Waals surface area contributed by atoms with E-state index in [2.05, 4.69) is 20.7 Å². The third-order valence-electron chi connectivity index (χ3n) is 3.43. The van der Waals surface area contributed by atoms with Gasteiger partial charge in [-0.3, -0.25) is 4.79 Å². The molecule has 0 fully saturated rings. The average Bonchev–Trinajstić information content (AvgIpc) is 2.91. The molecule has 1 heterocycles. The van der Waals surface area contributed by atoms with Gasteiger partial charge in [-0.2, -0.15) is 15.4 Å². The van der Waals surface area contributed by atoms with Crippen LogP contribution in [-0.2, 0) is 0 Å². The fraction of sp³-hybridized carbons (Fsp3) is 0.133. The standard InChI is InChI=1S/C15H14N4O/c1-9-4-3-5-12(10(9)2)16-15(20)11-6-7-13-14(8-11)18-19-17-13/h3-8H,1-2H3,(H,16,20)(H,17,18,19). The zero-order valence-corrected chi connectivity index (χ0v) is 11.3. The molecule has 20 heavy (non-hydrogen) atoms. The zero-order valence-electron chi connectivity index (χ0n) is 11.3. The van der Waals surface area contributed by atoms with Crippen molar-refractivity contribution in [3.63, 3.8) is 0 Å². The molecule has 5 heteroatoms. The Morgan fingerprint density at radius 3 is 2.75 bits per heavy atom. The molecule has 0 spiro atoms. The van der Waals surface area contributed by atoms with Crippen LogP contribution in [-0.4, -0.2) is 21.3 Å². The zero-order chi connectivity index (χ0) is 14.1. The minimum atomic E-state index is -0.149. The van der Waals surface area contributed by atoms with E-state index in [9.17, 15) is 4.79 Å². The largest absolute Gasteiger partial charge is 0.322 e. The number of aryl methyl sites for hydroxylation is 1. The minimum absolute atomic E-state index is 0.149. The van der Waals surface area contributed by atoms with Crippen molar-refractivity contribution in [2.24, 2.45) is 0 Å². The van der Waals surface area contributed by atoms with E-state index >= 15 is 0 Å². The number of benzene rings is 2. The minimum Gasteiger partial charge on any atom is -0.322 e. The first-order chi connectivity index (χ1) is 9.65. The maximum absolute atomic E-state index is 12.3. The number of hydrogen-bond acceptors (Lipinski definition) is 3. The van der Waals surface area contributed by atoms with Gasteiger partial charge in [-0.15, -0.1) is 0 Å². The molecule has 2 aromatic carbocycles. The molecule has 100 valence electrons. The number of fused-ring (bicyclic) bond motifs is 1. The van der Waals surface area contributed by atoms with Crippen LogP contribution >= 0.6 is 0 Å². The van der Waals surface area contributed by atoms with Gasteiger partial charge in [0.25, 0.3) is 5.91 Å². The molecule has 3 rings (SSSR count). The number of hydrogen-bond donors (Lipinski definition) is 2. The van der Waals surface area contributed by atoms with Gasteiger partial charge >= 0.3 is 0 Å². The summed E-state index contributed by atoms with van der Waals surface area (Å²) < 4.78 is 0. The predicted octanol–water partition coefficient (Wildman–Crippen LogP) is 2.83. The number of carbonyl (C=O) groups excluding carboxylic acids is 1. The van der Waals surface area contributed by atoms with Crippen molar-refractivity contribution < 1.29 is 4.79 Å². The number of aromatic amines is 1. The smallest absolute Gasteiger partial charge is 0.255 e. The highest BCUT2D eigenvalue weighted by atomic mass is 16.1. The third kappa shape index (κ3) is 2.14. The molecule has 5 nitrogen and oxygen atoms in total. The Balaban J connectivity index is 1.90. The highest BCUT2D eigenvalue weighted by Crippen LogP contribution is 2.19. The van der Waals surface area contributed by atoms with E-state index in [1.165, 1.54) is 0 Å². The van der Waals surface area contributed by atoms with E-state index in [1.54, 1.807) is 18.2 Å². The van der Waals surface area contributed by atoms with Gasteiger partial charge in [0.1, 0.15) is 11.0 Å². The molecular formula is C15H14N4O. The molecule has 0 saturated carbocycles. The van der Waals surface area contributed by atoms with Gasteiger partial charge in [-0.05, 0) is 49.2 Å². The summed E-state index contributed by atoms with van der Waals surface area (Å²) in [6.07, 6.45) is 0. The first-order valence-electron chi connectivity index (χ1n) is 6.33. The number of amides is 1. The lowest BCUT2D eigenvalue weighted by Gasteiger charge is -2.10. The van der Waals surface area contributed by atoms with E-state index in [-0.39, 0.29) is 5.91 Å². The van der Waals surface area contributed by atoms with E-state index in [0.29, 0.717) is 11.1 Å². The van der Waals surface area contributed by atoms with Gasteiger partial charge in [-0.1, -0.05) is 12.1 Å². The second kappa shape index (κ2) is 4.77. The Bertz CT molecular complexity index is 791. The fourth-order valence-electron chi connectivity index (χ4n) is 2.06. The van der Waals surface area contributed by atoms with Crippen molar-refractivity contribution in [2.75, 3.05) is 5.32 Å². The van der Waals surface area contributed by atoms with Crippen molar-refractivity contribution >= 4 is 22.6 Å². The fourth-order valence-corrected chi connectivity index (χ4v) is 2.06. The quantitative estimate of drug-likeness (QED) is 0.749. The van der Waals surface area contributed by atoms with Crippen LogP contribution in [0.4, 0.5) is 5.69 Å². The molecule has 1 amide bonds. The molecule has 0 atom stereocenters. The van der Waals surface area contributed by atoms with E-state index in [0.717, 1.165) is 22.3 Å². The molecule has 1 aromatic heterocycles. The lowest BCUT2D eigenvalue weighted by Crippen LogP contribution is -2.13. The van der Waals surface area contributed by atoms with Crippen LogP contribution in [0.2, 0.25) is 0 Å². The van der Waals surface area contributed by atoms with Gasteiger partial charge in [-0.25, -0.2) is 0 Å². The normalized spacial score (nSPS) is 10.7. The lowest BCUT2D eigenvalue weighted by atomic mass is 10.1. The molecule has 0 aliphatic carbocycles. The van der Waals surface area contributed by atoms with Gasteiger partial charge in [0.15, 0.2) is 0 Å². The van der Waals surface area contributed by atoms with Crippen LogP contribution < -0.4 is 5.32 Å². The summed E-state index contributed by atoms with van der Waals surface area (Å²) in [6.45, 7) is 4.01. The van der Waals surface area contributed by atoms with Gasteiger partial charge < -0.3 is 5.32 Å². The van der Waals surface area contributed by atoms with Crippen molar-refractivity contribution in [3.05, 3.63) is 53.1 Å². The summed E-state index contributed by atoms with van der Waals surface area (Å²) in [7, 11) is 0. The van der Waals surface area contributed by atoms with Crippen LogP contribution in [0.15, 0.2) is 36.4 Å². The van der Waals surface area contributed by atoms with Gasteiger partial charge in [0.05, 0.1) is 0 Å². The molecule has 3 aromatic rings. The van der Waals surface area contributed by atoms with Crippen molar-refractivity contribution in [2.45, 2.75) is 13.8 Å². The summed E-state index contributed by atoms with van der Waals surface area (Å²) in [6, 6.07) is 11.1. The van der Waals surface area contributed by atoms with Gasteiger partial charge in [0, 0.05) is 11.3 Å². The Kier molecular flexibility index (Phi) is 2.95. The Morgan fingerprint density at radius 2 is 1.90 bits per heavy atom. The highest BCUT2D eigenvalue weighted by Gasteiger charge is 2.10. The van der Waals surface area contributed by atoms with Crippen LogP contribution in [0, 0.1) is 13.8 Å². The molecule has 0 unspecified atom stereocenters. The molecule has 0 saturated heterocycles. The van der Waals surface area contributed by atoms with E-state index in [4.69, 9.17) is 0 Å². The monoisotopic (exact) mass is 266 g/mol. The number of carbonyl (C=O) groups is 1. The second-order valence-corrected chi connectivity index (χ2v) is 4.73. The molecular weight excluding hydrogens is 252 g/mol. The van der Waals surface area contributed by atoms with Crippen LogP contribution in [0.3, 0.4) is 0 Å². The number of anilines is 1. The molecule has 0 aliphatic rings. The Morgan fingerprint density at radius 1 is 1.10 bits per heavy atom. The maximum Gasteiger partial charge on any atom is 0.255 e. The summed E-state index contributed by atoms with van der Waals surface area (Å²) >= 11 is 0. The average molecular weight is 266 g/mol. The lowest BCUT2D eigenvalue weighted by molar-refractivity contribution is 0.102. The maximum atomic E-state index is 12.3. The summed E-state index contributed by atoms with van der Waals surface area (Å²) in [4.78, 5) is 12.3. The second-order valence-electron chi connectivity index (χ2n) is 4.73. The third-order valence-corrected chi connectivity index (χ3v) is 3.43. The van der Waals surface area contributed by atoms with Crippen molar-refractivity contribution in [1.82, 2.24) is 15.4 Å². The number of aromatic nitrogens is 3. The molecule has 0 aliphatic heterocycles. The number of nitrogens with zero attached hydrogens (tertiary/aromatic N) is 2. The van der Waals surface area contributed by atoms with Crippen molar-refractivity contribution in [1.29, 1.82) is 0 Å². The van der Waals surface area contributed by atoms with E-state index < -0.39 is 0 Å².